The minimum atomic E-state index is -3.85. The summed E-state index contributed by atoms with van der Waals surface area (Å²) in [4.78, 5) is 18.6. The van der Waals surface area contributed by atoms with Gasteiger partial charge in [0.25, 0.3) is 0 Å². The maximum Gasteiger partial charge on any atom is 0.414 e. The number of guanidine groups is 1. The highest BCUT2D eigenvalue weighted by Crippen LogP contribution is 2.44. The lowest BCUT2D eigenvalue weighted by molar-refractivity contribution is 0.0558. The number of carbonyl (C=O) groups is 1. The quantitative estimate of drug-likeness (QED) is 0.430. The highest BCUT2D eigenvalue weighted by atomic mass is 35.5. The third-order valence-corrected chi connectivity index (χ3v) is 9.43. The number of benzene rings is 1. The predicted molar refractivity (Wildman–Crippen MR) is 149 cm³/mol. The zero-order chi connectivity index (χ0) is 27.7. The van der Waals surface area contributed by atoms with Crippen molar-refractivity contribution in [3.8, 4) is 16.3 Å². The number of aliphatic imine (C=N–C) groups is 1. The van der Waals surface area contributed by atoms with Crippen LogP contribution in [0.15, 0.2) is 47.6 Å². The van der Waals surface area contributed by atoms with Crippen molar-refractivity contribution in [1.29, 1.82) is 0 Å². The van der Waals surface area contributed by atoms with Crippen LogP contribution in [0.25, 0.3) is 16.3 Å². The van der Waals surface area contributed by atoms with E-state index in [1.807, 2.05) is 37.3 Å². The Labute approximate surface area is 231 Å². The Hall–Kier alpha value is -2.96. The molecule has 1 aliphatic rings. The molecule has 0 spiro atoms. The molecule has 1 aromatic carbocycles. The maximum atomic E-state index is 13.5. The molecule has 0 radical (unpaired) electrons. The molecule has 0 saturated carbocycles. The molecular formula is C25H31ClN6O4S2. The second-order valence-corrected chi connectivity index (χ2v) is 13.5. The Morgan fingerprint density at radius 1 is 1.26 bits per heavy atom. The van der Waals surface area contributed by atoms with E-state index in [0.29, 0.717) is 22.0 Å². The van der Waals surface area contributed by atoms with E-state index in [1.54, 1.807) is 44.6 Å². The van der Waals surface area contributed by atoms with Crippen LogP contribution in [0.3, 0.4) is 0 Å². The first-order valence-electron chi connectivity index (χ1n) is 12.2. The second-order valence-electron chi connectivity index (χ2n) is 10.2. The van der Waals surface area contributed by atoms with E-state index < -0.39 is 27.3 Å². The van der Waals surface area contributed by atoms with Crippen LogP contribution in [0, 0.1) is 0 Å². The normalized spacial score (nSPS) is 19.2. The fourth-order valence-corrected chi connectivity index (χ4v) is 7.49. The molecule has 3 heterocycles. The van der Waals surface area contributed by atoms with Crippen molar-refractivity contribution in [2.75, 3.05) is 12.3 Å². The highest BCUT2D eigenvalue weighted by molar-refractivity contribution is 7.89. The van der Waals surface area contributed by atoms with Crippen LogP contribution in [0.2, 0.25) is 5.02 Å². The average molecular weight is 579 g/mol. The van der Waals surface area contributed by atoms with Gasteiger partial charge < -0.3 is 4.74 Å². The first-order chi connectivity index (χ1) is 17.8. The van der Waals surface area contributed by atoms with Gasteiger partial charge in [0.15, 0.2) is 0 Å². The number of hydrogen-bond donors (Lipinski definition) is 1. The smallest absolute Gasteiger partial charge is 0.414 e. The molecule has 3 aromatic rings. The SMILES string of the molecule is CCCCN1C(NC(=O)OC(C)(C)C)=N[C@](C)(c2sc(-c3cn(-c4ccccc4)nn3)cc2Cl)CS1(=O)=O. The van der Waals surface area contributed by atoms with Crippen LogP contribution in [0.5, 0.6) is 0 Å². The van der Waals surface area contributed by atoms with Gasteiger partial charge in [-0.1, -0.05) is 48.4 Å². The van der Waals surface area contributed by atoms with Crippen LogP contribution in [0.4, 0.5) is 4.79 Å². The summed E-state index contributed by atoms with van der Waals surface area (Å²) in [5.74, 6) is -0.387. The van der Waals surface area contributed by atoms with Crippen molar-refractivity contribution in [3.05, 3.63) is 52.5 Å². The molecule has 0 fully saturated rings. The molecule has 0 bridgehead atoms. The number of hydrogen-bond acceptors (Lipinski definition) is 8. The molecular weight excluding hydrogens is 548 g/mol. The van der Waals surface area contributed by atoms with Gasteiger partial charge >= 0.3 is 6.09 Å². The van der Waals surface area contributed by atoms with E-state index in [9.17, 15) is 13.2 Å². The zero-order valence-corrected chi connectivity index (χ0v) is 24.3. The molecule has 1 aliphatic heterocycles. The van der Waals surface area contributed by atoms with Gasteiger partial charge in [-0.15, -0.1) is 16.4 Å². The summed E-state index contributed by atoms with van der Waals surface area (Å²) in [5.41, 5.74) is -0.566. The summed E-state index contributed by atoms with van der Waals surface area (Å²) in [6.45, 7) is 9.03. The van der Waals surface area contributed by atoms with Gasteiger partial charge in [-0.05, 0) is 52.3 Å². The van der Waals surface area contributed by atoms with E-state index in [2.05, 4.69) is 15.6 Å². The zero-order valence-electron chi connectivity index (χ0n) is 21.9. The van der Waals surface area contributed by atoms with E-state index >= 15 is 0 Å². The van der Waals surface area contributed by atoms with Gasteiger partial charge in [0.2, 0.25) is 16.0 Å². The average Bonchev–Trinajstić information content (AvgIpc) is 3.45. The number of amides is 1. The van der Waals surface area contributed by atoms with Crippen molar-refractivity contribution < 1.29 is 17.9 Å². The summed E-state index contributed by atoms with van der Waals surface area (Å²) >= 11 is 7.96. The summed E-state index contributed by atoms with van der Waals surface area (Å²) in [6, 6.07) is 11.3. The molecule has 204 valence electrons. The Bertz CT molecular complexity index is 1450. The van der Waals surface area contributed by atoms with Crippen LogP contribution in [-0.2, 0) is 20.3 Å². The molecule has 0 aliphatic carbocycles. The molecule has 10 nitrogen and oxygen atoms in total. The predicted octanol–water partition coefficient (Wildman–Crippen LogP) is 5.19. The Kier molecular flexibility index (Phi) is 7.87. The number of thiophene rings is 1. The minimum absolute atomic E-state index is 0.0810. The van der Waals surface area contributed by atoms with Crippen molar-refractivity contribution >= 4 is 45.0 Å². The second kappa shape index (κ2) is 10.7. The van der Waals surface area contributed by atoms with Crippen molar-refractivity contribution in [1.82, 2.24) is 24.6 Å². The lowest BCUT2D eigenvalue weighted by Gasteiger charge is -2.37. The highest BCUT2D eigenvalue weighted by Gasteiger charge is 2.45. The fraction of sp³-hybridized carbons (Fsp3) is 0.440. The van der Waals surface area contributed by atoms with Crippen molar-refractivity contribution in [3.63, 3.8) is 0 Å². The maximum absolute atomic E-state index is 13.5. The Morgan fingerprint density at radius 3 is 2.63 bits per heavy atom. The number of aromatic nitrogens is 3. The topological polar surface area (TPSA) is 119 Å². The monoisotopic (exact) mass is 578 g/mol. The number of nitrogens with one attached hydrogen (secondary N) is 1. The first kappa shape index (κ1) is 28.1. The van der Waals surface area contributed by atoms with Crippen LogP contribution in [0.1, 0.15) is 52.3 Å². The van der Waals surface area contributed by atoms with E-state index in [4.69, 9.17) is 21.3 Å². The number of alkyl carbamates (subject to hydrolysis) is 1. The molecule has 0 unspecified atom stereocenters. The van der Waals surface area contributed by atoms with Gasteiger partial charge in [0, 0.05) is 6.54 Å². The Morgan fingerprint density at radius 2 is 1.97 bits per heavy atom. The molecule has 0 saturated heterocycles. The van der Waals surface area contributed by atoms with Gasteiger partial charge in [0.05, 0.1) is 32.4 Å². The van der Waals surface area contributed by atoms with E-state index in [0.717, 1.165) is 21.3 Å². The number of para-hydroxylation sites is 1. The number of nitrogens with zero attached hydrogens (tertiary/aromatic N) is 5. The number of halogens is 1. The summed E-state index contributed by atoms with van der Waals surface area (Å²) < 4.78 is 35.2. The minimum Gasteiger partial charge on any atom is -0.444 e. The lowest BCUT2D eigenvalue weighted by Crippen LogP contribution is -2.55. The molecule has 1 amide bonds. The molecule has 38 heavy (non-hydrogen) atoms. The van der Waals surface area contributed by atoms with Gasteiger partial charge in [-0.2, -0.15) is 0 Å². The van der Waals surface area contributed by atoms with Crippen LogP contribution in [-0.4, -0.2) is 57.7 Å². The summed E-state index contributed by atoms with van der Waals surface area (Å²) in [6.07, 6.45) is 2.37. The van der Waals surface area contributed by atoms with E-state index in [-0.39, 0.29) is 18.3 Å². The fourth-order valence-electron chi connectivity index (χ4n) is 3.98. The summed E-state index contributed by atoms with van der Waals surface area (Å²) in [5, 5.41) is 11.4. The number of ether oxygens (including phenoxy) is 1. The van der Waals surface area contributed by atoms with Crippen LogP contribution >= 0.6 is 22.9 Å². The van der Waals surface area contributed by atoms with Gasteiger partial charge in [-0.3, -0.25) is 5.32 Å². The largest absolute Gasteiger partial charge is 0.444 e. The van der Waals surface area contributed by atoms with E-state index in [1.165, 1.54) is 11.3 Å². The van der Waals surface area contributed by atoms with Crippen LogP contribution < -0.4 is 5.32 Å². The first-order valence-corrected chi connectivity index (χ1v) is 15.0. The molecule has 1 N–H and O–H groups in total. The van der Waals surface area contributed by atoms with Crippen molar-refractivity contribution in [2.24, 2.45) is 4.99 Å². The number of unbranched alkanes of at least 4 members (excludes halogenated alkanes) is 1. The number of carbonyl (C=O) groups excluding carboxylic acids is 1. The number of rotatable bonds is 6. The van der Waals surface area contributed by atoms with Gasteiger partial charge in [-0.25, -0.2) is 27.2 Å². The Balaban J connectivity index is 1.71. The third-order valence-electron chi connectivity index (χ3n) is 5.66. The molecule has 4 rings (SSSR count). The third kappa shape index (κ3) is 6.19. The lowest BCUT2D eigenvalue weighted by atomic mass is 10.0. The molecule has 13 heteroatoms. The van der Waals surface area contributed by atoms with Gasteiger partial charge in [0.1, 0.15) is 16.8 Å². The van der Waals surface area contributed by atoms with Crippen molar-refractivity contribution in [2.45, 2.75) is 58.6 Å². The summed E-state index contributed by atoms with van der Waals surface area (Å²) in [7, 11) is -3.85. The molecule has 2 aromatic heterocycles. The standard InChI is InChI=1S/C25H31ClN6O4S2/c1-6-7-13-32-22(27-23(33)36-24(2,3)4)28-25(5,16-38(32,34)35)21-18(26)14-20(37-21)19-15-31(30-29-19)17-11-9-8-10-12-17/h8-12,14-15H,6-7,13,16H2,1-5H3,(H,27,28,33)/t25-/m0/s1. The molecule has 1 atom stereocenters. The number of sulfonamides is 1.